The topological polar surface area (TPSA) is 116 Å². The van der Waals surface area contributed by atoms with Crippen LogP contribution in [0, 0.1) is 11.7 Å². The fraction of sp³-hybridized carbons (Fsp3) is 0.240. The maximum Gasteiger partial charge on any atom is 0.198 e. The number of ether oxygens (including phenoxy) is 1. The zero-order chi connectivity index (χ0) is 22.9. The van der Waals surface area contributed by atoms with Crippen molar-refractivity contribution < 1.29 is 13.9 Å². The molecule has 168 valence electrons. The van der Waals surface area contributed by atoms with Crippen molar-refractivity contribution in [1.82, 2.24) is 10.3 Å². The van der Waals surface area contributed by atoms with Gasteiger partial charge in [-0.3, -0.25) is 9.79 Å². The van der Waals surface area contributed by atoms with Crippen LogP contribution in [-0.2, 0) is 11.4 Å². The summed E-state index contributed by atoms with van der Waals surface area (Å²) in [5.41, 5.74) is 15.6. The molecule has 0 amide bonds. The Morgan fingerprint density at radius 3 is 2.94 bits per heavy atom. The van der Waals surface area contributed by atoms with Gasteiger partial charge in [0.1, 0.15) is 12.4 Å². The highest BCUT2D eigenvalue weighted by atomic mass is 19.1. The van der Waals surface area contributed by atoms with Gasteiger partial charge < -0.3 is 21.5 Å². The predicted molar refractivity (Wildman–Crippen MR) is 125 cm³/mol. The van der Waals surface area contributed by atoms with Crippen molar-refractivity contribution in [2.24, 2.45) is 16.6 Å². The van der Waals surface area contributed by atoms with E-state index >= 15 is 0 Å². The van der Waals surface area contributed by atoms with Gasteiger partial charge in [-0.15, -0.1) is 0 Å². The van der Waals surface area contributed by atoms with Crippen molar-refractivity contribution >= 4 is 23.0 Å². The van der Waals surface area contributed by atoms with Crippen LogP contribution in [0.3, 0.4) is 0 Å². The number of fused-ring (bicyclic) bond motifs is 4. The molecule has 1 fully saturated rings. The third-order valence-corrected chi connectivity index (χ3v) is 5.94. The van der Waals surface area contributed by atoms with Crippen LogP contribution in [0.4, 0.5) is 10.2 Å². The van der Waals surface area contributed by atoms with Crippen molar-refractivity contribution in [2.45, 2.75) is 19.4 Å². The normalized spacial score (nSPS) is 20.5. The summed E-state index contributed by atoms with van der Waals surface area (Å²) in [5, 5.41) is 3.27. The van der Waals surface area contributed by atoms with Gasteiger partial charge in [-0.2, -0.15) is 0 Å². The predicted octanol–water partition coefficient (Wildman–Crippen LogP) is 2.88. The Kier molecular flexibility index (Phi) is 5.42. The van der Waals surface area contributed by atoms with Crippen LogP contribution in [-0.4, -0.2) is 29.6 Å². The number of aromatic nitrogens is 1. The highest BCUT2D eigenvalue weighted by Crippen LogP contribution is 2.32. The van der Waals surface area contributed by atoms with Gasteiger partial charge >= 0.3 is 0 Å². The summed E-state index contributed by atoms with van der Waals surface area (Å²) in [4.78, 5) is 22.8. The minimum Gasteiger partial charge on any atom is -0.485 e. The molecule has 2 aromatic rings. The van der Waals surface area contributed by atoms with Gasteiger partial charge in [0.2, 0.25) is 0 Å². The molecule has 33 heavy (non-hydrogen) atoms. The first kappa shape index (κ1) is 20.9. The molecule has 0 atom stereocenters. The summed E-state index contributed by atoms with van der Waals surface area (Å²) in [6, 6.07) is 6.10. The van der Waals surface area contributed by atoms with Crippen LogP contribution in [0.2, 0.25) is 0 Å². The van der Waals surface area contributed by atoms with Crippen LogP contribution < -0.4 is 21.5 Å². The second-order valence-corrected chi connectivity index (χ2v) is 8.31. The molecule has 3 heterocycles. The lowest BCUT2D eigenvalue weighted by atomic mass is 9.90. The van der Waals surface area contributed by atoms with Crippen LogP contribution in [0.5, 0.6) is 5.75 Å². The Morgan fingerprint density at radius 1 is 1.30 bits per heavy atom. The standard InChI is InChI=1S/C25H24FN5O2/c26-17-5-6-18-16(8-17)13-33-21-9-15(12-31-25(21)28)22(30-11-14-3-4-14)20(10-27)24(32)19-2-1-7-29-23(18)19/h1-2,5-6,8-10,12,14,29H,3-4,7,11,13,27H2,(H2,28,31)/b20-10+,30-22?. The van der Waals surface area contributed by atoms with Gasteiger partial charge in [0.15, 0.2) is 17.4 Å². The lowest BCUT2D eigenvalue weighted by molar-refractivity contribution is -0.111. The Bertz CT molecular complexity index is 1260. The van der Waals surface area contributed by atoms with E-state index in [9.17, 15) is 9.18 Å². The number of rotatable bonds is 2. The van der Waals surface area contributed by atoms with Crippen molar-refractivity contribution in [3.63, 3.8) is 0 Å². The quantitative estimate of drug-likeness (QED) is 0.612. The molecule has 7 nitrogen and oxygen atoms in total. The molecule has 1 aliphatic carbocycles. The van der Waals surface area contributed by atoms with E-state index < -0.39 is 5.82 Å². The first-order chi connectivity index (χ1) is 16.0. The van der Waals surface area contributed by atoms with Crippen LogP contribution in [0.1, 0.15) is 29.5 Å². The number of Topliss-reactive ketones (excluding diaryl/α,β-unsaturated/α-hetero) is 1. The van der Waals surface area contributed by atoms with Crippen molar-refractivity contribution in [2.75, 3.05) is 18.8 Å². The number of ketones is 1. The SMILES string of the molecule is N/C=C1/C(=O)C2=C(NCC=C2)c2ccc(F)cc2COc2cc(cnc2N)C1=NCC1CC1. The molecule has 5 N–H and O–H groups in total. The van der Waals surface area contributed by atoms with Crippen LogP contribution in [0.15, 0.2) is 65.0 Å². The molecule has 1 aromatic heterocycles. The maximum atomic E-state index is 14.1. The molecule has 0 radical (unpaired) electrons. The highest BCUT2D eigenvalue weighted by Gasteiger charge is 2.28. The van der Waals surface area contributed by atoms with Gasteiger partial charge in [0.25, 0.3) is 0 Å². The Labute approximate surface area is 190 Å². The molecule has 0 spiro atoms. The smallest absolute Gasteiger partial charge is 0.198 e. The maximum absolute atomic E-state index is 14.1. The minimum atomic E-state index is -0.402. The fourth-order valence-electron chi connectivity index (χ4n) is 3.99. The number of pyridine rings is 1. The van der Waals surface area contributed by atoms with E-state index in [1.807, 2.05) is 6.08 Å². The number of halogens is 1. The molecule has 8 heteroatoms. The zero-order valence-corrected chi connectivity index (χ0v) is 18.0. The van der Waals surface area contributed by atoms with Crippen LogP contribution >= 0.6 is 0 Å². The van der Waals surface area contributed by atoms with E-state index in [1.54, 1.807) is 24.4 Å². The van der Waals surface area contributed by atoms with E-state index in [0.29, 0.717) is 58.4 Å². The monoisotopic (exact) mass is 445 g/mol. The third-order valence-electron chi connectivity index (χ3n) is 5.94. The fourth-order valence-corrected chi connectivity index (χ4v) is 3.99. The third kappa shape index (κ3) is 4.11. The molecular weight excluding hydrogens is 421 g/mol. The number of nitrogen functional groups attached to an aromatic ring is 1. The summed E-state index contributed by atoms with van der Waals surface area (Å²) in [6.45, 7) is 1.18. The number of hydrogen-bond donors (Lipinski definition) is 3. The summed E-state index contributed by atoms with van der Waals surface area (Å²) in [7, 11) is 0. The van der Waals surface area contributed by atoms with E-state index in [2.05, 4.69) is 10.3 Å². The molecule has 0 saturated heterocycles. The molecule has 3 aliphatic rings. The number of dihydropyridines is 1. The number of nitrogens with two attached hydrogens (primary N) is 2. The molecule has 1 saturated carbocycles. The number of nitrogens with one attached hydrogen (secondary N) is 1. The second kappa shape index (κ2) is 8.54. The second-order valence-electron chi connectivity index (χ2n) is 8.31. The minimum absolute atomic E-state index is 0.0485. The number of nitrogens with zero attached hydrogens (tertiary/aromatic N) is 2. The number of carbonyl (C=O) groups is 1. The summed E-state index contributed by atoms with van der Waals surface area (Å²) < 4.78 is 20.1. The van der Waals surface area contributed by atoms with Gasteiger partial charge in [-0.05, 0) is 43.0 Å². The van der Waals surface area contributed by atoms with Gasteiger partial charge in [0, 0.05) is 47.7 Å². The summed E-state index contributed by atoms with van der Waals surface area (Å²) >= 11 is 0. The van der Waals surface area contributed by atoms with E-state index in [0.717, 1.165) is 12.8 Å². The van der Waals surface area contributed by atoms with Crippen molar-refractivity contribution in [3.8, 4) is 5.75 Å². The van der Waals surface area contributed by atoms with Gasteiger partial charge in [0.05, 0.1) is 17.0 Å². The number of aliphatic imine (C=N–C) groups is 1. The average molecular weight is 445 g/mol. The lowest BCUT2D eigenvalue weighted by Gasteiger charge is -2.23. The van der Waals surface area contributed by atoms with Crippen LogP contribution in [0.25, 0.3) is 5.70 Å². The molecule has 0 unspecified atom stereocenters. The zero-order valence-electron chi connectivity index (χ0n) is 18.0. The number of benzene rings is 1. The molecule has 5 rings (SSSR count). The number of hydrogen-bond acceptors (Lipinski definition) is 7. The van der Waals surface area contributed by atoms with Gasteiger partial charge in [-0.25, -0.2) is 9.37 Å². The van der Waals surface area contributed by atoms with Crippen molar-refractivity contribution in [1.29, 1.82) is 0 Å². The average Bonchev–Trinajstić information content (AvgIpc) is 3.65. The summed E-state index contributed by atoms with van der Waals surface area (Å²) in [6.07, 6.45) is 8.72. The van der Waals surface area contributed by atoms with Gasteiger partial charge in [-0.1, -0.05) is 12.2 Å². The Morgan fingerprint density at radius 2 is 2.15 bits per heavy atom. The number of allylic oxidation sites excluding steroid dienone is 3. The van der Waals surface area contributed by atoms with E-state index in [1.165, 1.54) is 18.3 Å². The molecular formula is C25H24FN5O2. The molecule has 1 aromatic carbocycles. The Hall–Kier alpha value is -3.94. The van der Waals surface area contributed by atoms with Crippen molar-refractivity contribution in [3.05, 3.63) is 82.5 Å². The largest absolute Gasteiger partial charge is 0.485 e. The number of anilines is 1. The summed E-state index contributed by atoms with van der Waals surface area (Å²) in [5.74, 6) is 0.357. The Balaban J connectivity index is 1.74. The highest BCUT2D eigenvalue weighted by molar-refractivity contribution is 6.34. The van der Waals surface area contributed by atoms with E-state index in [-0.39, 0.29) is 23.8 Å². The first-order valence-electron chi connectivity index (χ1n) is 10.9. The molecule has 2 bridgehead atoms. The first-order valence-corrected chi connectivity index (χ1v) is 10.9. The number of carbonyl (C=O) groups excluding carboxylic acids is 1. The van der Waals surface area contributed by atoms with E-state index in [4.69, 9.17) is 21.2 Å². The molecule has 2 aliphatic heterocycles. The lowest BCUT2D eigenvalue weighted by Crippen LogP contribution is -2.26.